The second kappa shape index (κ2) is 4.82. The third-order valence-corrected chi connectivity index (χ3v) is 5.15. The third-order valence-electron chi connectivity index (χ3n) is 5.15. The van der Waals surface area contributed by atoms with Crippen molar-refractivity contribution in [1.82, 2.24) is 10.2 Å². The summed E-state index contributed by atoms with van der Waals surface area (Å²) < 4.78 is 5.18. The molecule has 4 heteroatoms. The van der Waals surface area contributed by atoms with Crippen molar-refractivity contribution in [2.24, 2.45) is 11.8 Å². The first-order valence-electron chi connectivity index (χ1n) is 7.26. The minimum absolute atomic E-state index is 0.183. The van der Waals surface area contributed by atoms with Gasteiger partial charge in [-0.2, -0.15) is 0 Å². The Morgan fingerprint density at radius 3 is 2.72 bits per heavy atom. The van der Waals surface area contributed by atoms with Gasteiger partial charge >= 0.3 is 0 Å². The summed E-state index contributed by atoms with van der Waals surface area (Å²) >= 11 is 0. The molecular weight excluding hydrogens is 228 g/mol. The van der Waals surface area contributed by atoms with Crippen LogP contribution in [0.15, 0.2) is 0 Å². The van der Waals surface area contributed by atoms with Crippen LogP contribution >= 0.6 is 0 Å². The maximum Gasteiger partial charge on any atom is 0.293 e. The van der Waals surface area contributed by atoms with E-state index in [1.807, 2.05) is 0 Å². The van der Waals surface area contributed by atoms with Gasteiger partial charge in [-0.1, -0.05) is 0 Å². The molecule has 0 spiro atoms. The summed E-state index contributed by atoms with van der Waals surface area (Å²) in [6, 6.07) is 0.644. The average molecular weight is 252 g/mol. The van der Waals surface area contributed by atoms with E-state index in [2.05, 4.69) is 17.1 Å². The Hall–Kier alpha value is -0.610. The second-order valence-electron chi connectivity index (χ2n) is 6.54. The molecule has 0 aromatic heterocycles. The molecule has 0 amide bonds. The standard InChI is InChI=1S/C14H24N2O2/c1-14(18-10-17)5-13(6-14)16-4-2-3-11(9-16)12-7-15-8-12/h10-13,15H,2-9H2,1H3/t11-,13?,14?/m0/s1. The quantitative estimate of drug-likeness (QED) is 0.758. The van der Waals surface area contributed by atoms with Crippen molar-refractivity contribution in [2.75, 3.05) is 26.2 Å². The van der Waals surface area contributed by atoms with Gasteiger partial charge in [0.05, 0.1) is 0 Å². The number of carbonyl (C=O) groups excluding carboxylic acids is 1. The zero-order chi connectivity index (χ0) is 12.6. The smallest absolute Gasteiger partial charge is 0.293 e. The first-order valence-corrected chi connectivity index (χ1v) is 7.26. The molecule has 3 aliphatic rings. The number of hydrogen-bond donors (Lipinski definition) is 1. The van der Waals surface area contributed by atoms with E-state index in [0.717, 1.165) is 24.7 Å². The van der Waals surface area contributed by atoms with Crippen LogP contribution in [0.5, 0.6) is 0 Å². The van der Waals surface area contributed by atoms with Crippen molar-refractivity contribution in [3.8, 4) is 0 Å². The maximum absolute atomic E-state index is 10.4. The molecule has 0 aromatic carbocycles. The highest BCUT2D eigenvalue weighted by molar-refractivity contribution is 5.39. The average Bonchev–Trinajstić information content (AvgIpc) is 2.24. The largest absolute Gasteiger partial charge is 0.461 e. The number of piperidine rings is 1. The van der Waals surface area contributed by atoms with Crippen molar-refractivity contribution in [2.45, 2.75) is 44.2 Å². The highest BCUT2D eigenvalue weighted by atomic mass is 16.5. The van der Waals surface area contributed by atoms with Gasteiger partial charge in [0.1, 0.15) is 5.60 Å². The lowest BCUT2D eigenvalue weighted by Crippen LogP contribution is -2.59. The maximum atomic E-state index is 10.4. The van der Waals surface area contributed by atoms with Crippen LogP contribution in [0, 0.1) is 11.8 Å². The van der Waals surface area contributed by atoms with E-state index in [9.17, 15) is 4.79 Å². The number of nitrogens with zero attached hydrogens (tertiary/aromatic N) is 1. The number of hydrogen-bond acceptors (Lipinski definition) is 4. The zero-order valence-corrected chi connectivity index (χ0v) is 11.2. The number of carbonyl (C=O) groups is 1. The van der Waals surface area contributed by atoms with Crippen LogP contribution in [0.2, 0.25) is 0 Å². The van der Waals surface area contributed by atoms with E-state index >= 15 is 0 Å². The van der Waals surface area contributed by atoms with Crippen LogP contribution in [0.3, 0.4) is 0 Å². The molecule has 4 nitrogen and oxygen atoms in total. The molecule has 3 rings (SSSR count). The normalized spacial score (nSPS) is 41.8. The number of nitrogens with one attached hydrogen (secondary N) is 1. The summed E-state index contributed by atoms with van der Waals surface area (Å²) in [6.07, 6.45) is 4.77. The van der Waals surface area contributed by atoms with Crippen molar-refractivity contribution in [3.63, 3.8) is 0 Å². The van der Waals surface area contributed by atoms with Crippen LogP contribution in [0.4, 0.5) is 0 Å². The van der Waals surface area contributed by atoms with Gasteiger partial charge in [-0.25, -0.2) is 0 Å². The molecule has 1 atom stereocenters. The molecule has 2 saturated heterocycles. The highest BCUT2D eigenvalue weighted by Crippen LogP contribution is 2.40. The Kier molecular flexibility index (Phi) is 3.32. The van der Waals surface area contributed by atoms with Crippen molar-refractivity contribution >= 4 is 6.47 Å². The van der Waals surface area contributed by atoms with E-state index in [-0.39, 0.29) is 5.60 Å². The molecule has 2 aliphatic heterocycles. The van der Waals surface area contributed by atoms with Crippen LogP contribution in [0.25, 0.3) is 0 Å². The number of likely N-dealkylation sites (tertiary alicyclic amines) is 1. The minimum Gasteiger partial charge on any atom is -0.461 e. The monoisotopic (exact) mass is 252 g/mol. The van der Waals surface area contributed by atoms with Gasteiger partial charge < -0.3 is 10.1 Å². The molecular formula is C14H24N2O2. The van der Waals surface area contributed by atoms with Crippen molar-refractivity contribution in [1.29, 1.82) is 0 Å². The molecule has 2 heterocycles. The van der Waals surface area contributed by atoms with Gasteiger partial charge in [0, 0.05) is 25.4 Å². The fraction of sp³-hybridized carbons (Fsp3) is 0.929. The second-order valence-corrected chi connectivity index (χ2v) is 6.54. The summed E-state index contributed by atoms with van der Waals surface area (Å²) in [5, 5.41) is 3.38. The molecule has 0 radical (unpaired) electrons. The molecule has 102 valence electrons. The van der Waals surface area contributed by atoms with Crippen LogP contribution < -0.4 is 5.32 Å². The fourth-order valence-corrected chi connectivity index (χ4v) is 3.81. The van der Waals surface area contributed by atoms with Crippen molar-refractivity contribution < 1.29 is 9.53 Å². The molecule has 1 aliphatic carbocycles. The van der Waals surface area contributed by atoms with Gasteiger partial charge in [-0.3, -0.25) is 9.69 Å². The summed E-state index contributed by atoms with van der Waals surface area (Å²) in [7, 11) is 0. The van der Waals surface area contributed by atoms with E-state index in [1.54, 1.807) is 0 Å². The Morgan fingerprint density at radius 1 is 1.33 bits per heavy atom. The highest BCUT2D eigenvalue weighted by Gasteiger charge is 2.46. The Balaban J connectivity index is 1.50. The van der Waals surface area contributed by atoms with E-state index in [1.165, 1.54) is 39.0 Å². The molecule has 0 unspecified atom stereocenters. The van der Waals surface area contributed by atoms with Crippen LogP contribution in [0.1, 0.15) is 32.6 Å². The Morgan fingerprint density at radius 2 is 2.11 bits per heavy atom. The molecule has 18 heavy (non-hydrogen) atoms. The predicted octanol–water partition coefficient (Wildman–Crippen LogP) is 1.01. The van der Waals surface area contributed by atoms with E-state index in [0.29, 0.717) is 12.5 Å². The summed E-state index contributed by atoms with van der Waals surface area (Å²) in [5.74, 6) is 1.80. The topological polar surface area (TPSA) is 41.6 Å². The van der Waals surface area contributed by atoms with Gasteiger partial charge in [-0.05, 0) is 51.2 Å². The summed E-state index contributed by atoms with van der Waals surface area (Å²) in [6.45, 7) is 7.58. The fourth-order valence-electron chi connectivity index (χ4n) is 3.81. The summed E-state index contributed by atoms with van der Waals surface area (Å²) in [5.41, 5.74) is -0.183. The van der Waals surface area contributed by atoms with Gasteiger partial charge in [0.2, 0.25) is 0 Å². The van der Waals surface area contributed by atoms with Crippen LogP contribution in [-0.4, -0.2) is 49.2 Å². The molecule has 0 aromatic rings. The van der Waals surface area contributed by atoms with E-state index < -0.39 is 0 Å². The minimum atomic E-state index is -0.183. The SMILES string of the molecule is CC1(OC=O)CC(N2CCC[C@H](C3CNC3)C2)C1. The number of ether oxygens (including phenoxy) is 1. The van der Waals surface area contributed by atoms with Crippen LogP contribution in [-0.2, 0) is 9.53 Å². The molecule has 0 bridgehead atoms. The lowest BCUT2D eigenvalue weighted by Gasteiger charge is -2.51. The van der Waals surface area contributed by atoms with Gasteiger partial charge in [-0.15, -0.1) is 0 Å². The zero-order valence-electron chi connectivity index (χ0n) is 11.2. The van der Waals surface area contributed by atoms with Gasteiger partial charge in [0.15, 0.2) is 0 Å². The molecule has 3 fully saturated rings. The first-order chi connectivity index (χ1) is 8.70. The third kappa shape index (κ3) is 2.28. The van der Waals surface area contributed by atoms with E-state index in [4.69, 9.17) is 4.74 Å². The Bertz CT molecular complexity index is 311. The van der Waals surface area contributed by atoms with Crippen molar-refractivity contribution in [3.05, 3.63) is 0 Å². The Labute approximate surface area is 109 Å². The number of rotatable bonds is 4. The van der Waals surface area contributed by atoms with Gasteiger partial charge in [0.25, 0.3) is 6.47 Å². The summed E-state index contributed by atoms with van der Waals surface area (Å²) in [4.78, 5) is 13.1. The molecule has 1 N–H and O–H groups in total. The molecule has 1 saturated carbocycles. The lowest BCUT2D eigenvalue weighted by molar-refractivity contribution is -0.160. The predicted molar refractivity (Wildman–Crippen MR) is 69.2 cm³/mol. The first kappa shape index (κ1) is 12.4. The lowest BCUT2D eigenvalue weighted by atomic mass is 9.74.